The van der Waals surface area contributed by atoms with Crippen LogP contribution in [0.4, 0.5) is 0 Å². The molecule has 330 valence electrons. The number of fused-ring (bicyclic) bond motifs is 6. The zero-order valence-corrected chi connectivity index (χ0v) is 38.7. The van der Waals surface area contributed by atoms with E-state index in [0.717, 1.165) is 95.3 Å². The molecule has 1 aliphatic carbocycles. The van der Waals surface area contributed by atoms with Crippen molar-refractivity contribution >= 4 is 49.1 Å². The van der Waals surface area contributed by atoms with Crippen molar-refractivity contribution < 1.29 is 0 Å². The molecule has 0 bridgehead atoms. The number of hydrogen-bond donors (Lipinski definition) is 0. The highest BCUT2D eigenvalue weighted by Crippen LogP contribution is 2.43. The summed E-state index contributed by atoms with van der Waals surface area (Å²) in [5.41, 5.74) is 17.1. The van der Waals surface area contributed by atoms with Crippen molar-refractivity contribution in [2.45, 2.75) is 18.8 Å². The van der Waals surface area contributed by atoms with Crippen LogP contribution in [0, 0.1) is 0 Å². The maximum absolute atomic E-state index is 5.42. The molecule has 0 amide bonds. The van der Waals surface area contributed by atoms with Gasteiger partial charge in [0.1, 0.15) is 0 Å². The van der Waals surface area contributed by atoms with Crippen LogP contribution in [0.1, 0.15) is 24.6 Å². The number of rotatable bonds is 8. The molecular formula is C66H46N4. The molecule has 0 saturated heterocycles. The molecule has 1 atom stereocenters. The van der Waals surface area contributed by atoms with E-state index in [4.69, 9.17) is 15.0 Å². The average molecular weight is 895 g/mol. The molecule has 3 heterocycles. The van der Waals surface area contributed by atoms with Crippen molar-refractivity contribution in [2.75, 3.05) is 0 Å². The third-order valence-electron chi connectivity index (χ3n) is 14.3. The van der Waals surface area contributed by atoms with Crippen molar-refractivity contribution in [3.05, 3.63) is 260 Å². The fraction of sp³-hybridized carbons (Fsp3) is 0.0455. The first-order valence-corrected chi connectivity index (χ1v) is 24.1. The molecule has 12 aromatic rings. The molecule has 1 unspecified atom stereocenters. The lowest BCUT2D eigenvalue weighted by Crippen LogP contribution is -2.20. The van der Waals surface area contributed by atoms with Crippen LogP contribution in [0.15, 0.2) is 249 Å². The van der Waals surface area contributed by atoms with E-state index in [1.54, 1.807) is 0 Å². The quantitative estimate of drug-likeness (QED) is 0.153. The van der Waals surface area contributed by atoms with Crippen molar-refractivity contribution in [2.24, 2.45) is 0 Å². The predicted octanol–water partition coefficient (Wildman–Crippen LogP) is 16.9. The molecule has 9 aromatic carbocycles. The van der Waals surface area contributed by atoms with Crippen LogP contribution in [-0.2, 0) is 5.41 Å². The summed E-state index contributed by atoms with van der Waals surface area (Å²) in [6, 6.07) is 82.1. The lowest BCUT2D eigenvalue weighted by Gasteiger charge is -2.28. The number of benzene rings is 9. The van der Waals surface area contributed by atoms with Crippen LogP contribution >= 0.6 is 0 Å². The van der Waals surface area contributed by atoms with E-state index in [1.807, 2.05) is 0 Å². The third-order valence-corrected chi connectivity index (χ3v) is 14.3. The van der Waals surface area contributed by atoms with Crippen molar-refractivity contribution in [3.63, 3.8) is 0 Å². The molecule has 3 aromatic heterocycles. The standard InChI is InChI=1S/C66H46N4/c1-66(50-19-7-3-8-20-50)41-39-48(40-42-66)60-43-59(47-33-29-45(30-34-47)44-17-5-2-6-18-44)68-65(69-60)55-38-37-52(53-23-11-12-24-54(53)55)46-31-35-49(36-32-46)63-64-62(56-25-13-15-27-58(56)67-63)57-26-14-16-28-61(57)70(64)51-21-9-4-10-22-51/h2-41,43H,42H2,1H3. The Morgan fingerprint density at radius 2 is 1.00 bits per heavy atom. The zero-order valence-electron chi connectivity index (χ0n) is 38.7. The number of nitrogens with zero attached hydrogens (tertiary/aromatic N) is 4. The number of para-hydroxylation sites is 3. The van der Waals surface area contributed by atoms with Gasteiger partial charge in [-0.05, 0) is 87.0 Å². The molecule has 4 heteroatoms. The van der Waals surface area contributed by atoms with Gasteiger partial charge in [0.15, 0.2) is 5.82 Å². The first kappa shape index (κ1) is 41.2. The van der Waals surface area contributed by atoms with Gasteiger partial charge in [-0.3, -0.25) is 0 Å². The van der Waals surface area contributed by atoms with Gasteiger partial charge in [0.05, 0.1) is 33.6 Å². The van der Waals surface area contributed by atoms with E-state index in [1.165, 1.54) is 27.5 Å². The van der Waals surface area contributed by atoms with E-state index in [2.05, 4.69) is 260 Å². The van der Waals surface area contributed by atoms with Crippen molar-refractivity contribution in [1.29, 1.82) is 0 Å². The summed E-state index contributed by atoms with van der Waals surface area (Å²) in [6.07, 6.45) is 7.80. The van der Waals surface area contributed by atoms with Gasteiger partial charge >= 0.3 is 0 Å². The monoisotopic (exact) mass is 894 g/mol. The molecule has 0 saturated carbocycles. The Kier molecular flexibility index (Phi) is 9.98. The second-order valence-corrected chi connectivity index (χ2v) is 18.6. The molecule has 70 heavy (non-hydrogen) atoms. The lowest BCUT2D eigenvalue weighted by molar-refractivity contribution is 0.601. The Balaban J connectivity index is 0.919. The number of aromatic nitrogens is 4. The number of hydrogen-bond acceptors (Lipinski definition) is 3. The molecule has 0 aliphatic heterocycles. The first-order chi connectivity index (χ1) is 34.6. The lowest BCUT2D eigenvalue weighted by atomic mass is 9.76. The highest BCUT2D eigenvalue weighted by molar-refractivity contribution is 6.23. The number of allylic oxidation sites excluding steroid dienone is 4. The zero-order chi connectivity index (χ0) is 46.6. The van der Waals surface area contributed by atoms with Gasteiger partial charge in [0.2, 0.25) is 0 Å². The molecule has 4 nitrogen and oxygen atoms in total. The third kappa shape index (κ3) is 7.12. The summed E-state index contributed by atoms with van der Waals surface area (Å²) in [5, 5.41) is 5.81. The maximum Gasteiger partial charge on any atom is 0.161 e. The van der Waals surface area contributed by atoms with Crippen LogP contribution in [0.3, 0.4) is 0 Å². The Labute approximate surface area is 407 Å². The van der Waals surface area contributed by atoms with Crippen molar-refractivity contribution in [3.8, 4) is 61.8 Å². The van der Waals surface area contributed by atoms with Gasteiger partial charge in [-0.15, -0.1) is 0 Å². The topological polar surface area (TPSA) is 43.6 Å². The van der Waals surface area contributed by atoms with E-state index in [-0.39, 0.29) is 5.41 Å². The first-order valence-electron chi connectivity index (χ1n) is 24.1. The summed E-state index contributed by atoms with van der Waals surface area (Å²) >= 11 is 0. The smallest absolute Gasteiger partial charge is 0.161 e. The van der Waals surface area contributed by atoms with Gasteiger partial charge in [-0.1, -0.05) is 219 Å². The molecule has 0 fully saturated rings. The van der Waals surface area contributed by atoms with Crippen molar-refractivity contribution in [1.82, 2.24) is 19.5 Å². The Morgan fingerprint density at radius 3 is 1.73 bits per heavy atom. The second-order valence-electron chi connectivity index (χ2n) is 18.6. The van der Waals surface area contributed by atoms with Gasteiger partial charge in [0, 0.05) is 44.0 Å². The van der Waals surface area contributed by atoms with Gasteiger partial charge in [-0.2, -0.15) is 0 Å². The van der Waals surface area contributed by atoms with Gasteiger partial charge in [0.25, 0.3) is 0 Å². The highest BCUT2D eigenvalue weighted by atomic mass is 15.0. The molecule has 0 radical (unpaired) electrons. The van der Waals surface area contributed by atoms with E-state index >= 15 is 0 Å². The summed E-state index contributed by atoms with van der Waals surface area (Å²) in [4.78, 5) is 16.2. The molecule has 13 rings (SSSR count). The molecular weight excluding hydrogens is 849 g/mol. The van der Waals surface area contributed by atoms with Crippen LogP contribution < -0.4 is 0 Å². The van der Waals surface area contributed by atoms with Gasteiger partial charge < -0.3 is 4.57 Å². The minimum Gasteiger partial charge on any atom is -0.307 e. The Hall–Kier alpha value is -8.99. The second kappa shape index (κ2) is 17.0. The van der Waals surface area contributed by atoms with Crippen LogP contribution in [0.5, 0.6) is 0 Å². The van der Waals surface area contributed by atoms with E-state index in [0.29, 0.717) is 5.82 Å². The van der Waals surface area contributed by atoms with Gasteiger partial charge in [-0.25, -0.2) is 15.0 Å². The van der Waals surface area contributed by atoms with Crippen LogP contribution in [0.25, 0.3) is 111 Å². The summed E-state index contributed by atoms with van der Waals surface area (Å²) < 4.78 is 2.38. The highest BCUT2D eigenvalue weighted by Gasteiger charge is 2.26. The molecule has 0 N–H and O–H groups in total. The fourth-order valence-electron chi connectivity index (χ4n) is 10.6. The Morgan fingerprint density at radius 1 is 0.443 bits per heavy atom. The SMILES string of the molecule is CC1(c2ccccc2)C=CC(c2cc(-c3ccc(-c4ccccc4)cc3)nc(-c3ccc(-c4ccc(-c5nc6ccccc6c6c7ccccc7n(-c7ccccc7)c56)cc4)c4ccccc34)n2)=CC1. The predicted molar refractivity (Wildman–Crippen MR) is 292 cm³/mol. The molecule has 1 aliphatic rings. The molecule has 0 spiro atoms. The summed E-state index contributed by atoms with van der Waals surface area (Å²) in [5.74, 6) is 0.698. The largest absolute Gasteiger partial charge is 0.307 e. The number of pyridine rings is 1. The Bertz CT molecular complexity index is 4000. The van der Waals surface area contributed by atoms with E-state index < -0.39 is 0 Å². The normalized spacial score (nSPS) is 14.7. The fourth-order valence-corrected chi connectivity index (χ4v) is 10.6. The maximum atomic E-state index is 5.42. The minimum atomic E-state index is -0.0959. The summed E-state index contributed by atoms with van der Waals surface area (Å²) in [7, 11) is 0. The average Bonchev–Trinajstić information content (AvgIpc) is 3.79. The van der Waals surface area contributed by atoms with E-state index in [9.17, 15) is 0 Å². The van der Waals surface area contributed by atoms with Crippen LogP contribution in [0.2, 0.25) is 0 Å². The minimum absolute atomic E-state index is 0.0959. The van der Waals surface area contributed by atoms with Crippen LogP contribution in [-0.4, -0.2) is 19.5 Å². The summed E-state index contributed by atoms with van der Waals surface area (Å²) in [6.45, 7) is 2.31.